The lowest BCUT2D eigenvalue weighted by Gasteiger charge is -2.23. The van der Waals surface area contributed by atoms with Crippen LogP contribution in [0.2, 0.25) is 0 Å². The van der Waals surface area contributed by atoms with Gasteiger partial charge in [-0.3, -0.25) is 0 Å². The van der Waals surface area contributed by atoms with Gasteiger partial charge in [-0.2, -0.15) is 0 Å². The van der Waals surface area contributed by atoms with E-state index in [2.05, 4.69) is 11.4 Å². The Hall–Kier alpha value is -1.22. The maximum absolute atomic E-state index is 5.48. The molecule has 1 aromatic carbocycles. The molecule has 2 fully saturated rings. The molecule has 0 unspecified atom stereocenters. The van der Waals surface area contributed by atoms with Gasteiger partial charge in [0.15, 0.2) is 11.5 Å². The van der Waals surface area contributed by atoms with Gasteiger partial charge in [-0.25, -0.2) is 0 Å². The summed E-state index contributed by atoms with van der Waals surface area (Å²) in [7, 11) is 3.39. The molecule has 0 aromatic heterocycles. The summed E-state index contributed by atoms with van der Waals surface area (Å²) in [6, 6.07) is 6.79. The zero-order valence-corrected chi connectivity index (χ0v) is 11.8. The Labute approximate surface area is 115 Å². The first-order valence-electron chi connectivity index (χ1n) is 7.25. The second kappa shape index (κ2) is 5.41. The lowest BCUT2D eigenvalue weighted by atomic mass is 9.95. The number of ether oxygens (including phenoxy) is 2. The van der Waals surface area contributed by atoms with Crippen molar-refractivity contribution in [2.24, 2.45) is 11.8 Å². The normalized spacial score (nSPS) is 28.6. The first kappa shape index (κ1) is 12.8. The summed E-state index contributed by atoms with van der Waals surface area (Å²) < 4.78 is 10.8. The van der Waals surface area contributed by atoms with Gasteiger partial charge >= 0.3 is 0 Å². The summed E-state index contributed by atoms with van der Waals surface area (Å²) in [5.74, 6) is 3.56. The van der Waals surface area contributed by atoms with E-state index in [1.807, 2.05) is 12.1 Å². The van der Waals surface area contributed by atoms with E-state index in [0.717, 1.165) is 29.9 Å². The Morgan fingerprint density at radius 1 is 1.16 bits per heavy atom. The molecule has 2 aliphatic carbocycles. The van der Waals surface area contributed by atoms with Crippen LogP contribution >= 0.6 is 0 Å². The Bertz CT molecular complexity index is 446. The van der Waals surface area contributed by atoms with Crippen LogP contribution < -0.4 is 14.8 Å². The molecule has 3 rings (SSSR count). The largest absolute Gasteiger partial charge is 0.493 e. The van der Waals surface area contributed by atoms with Crippen LogP contribution in [0.4, 0.5) is 0 Å². The van der Waals surface area contributed by atoms with Gasteiger partial charge in [0.25, 0.3) is 0 Å². The third kappa shape index (κ3) is 2.44. The highest BCUT2D eigenvalue weighted by atomic mass is 16.5. The fraction of sp³-hybridized carbons (Fsp3) is 0.625. The highest BCUT2D eigenvalue weighted by molar-refractivity contribution is 5.46. The van der Waals surface area contributed by atoms with Crippen LogP contribution in [0.3, 0.4) is 0 Å². The fourth-order valence-electron chi connectivity index (χ4n) is 3.83. The summed E-state index contributed by atoms with van der Waals surface area (Å²) in [5.41, 5.74) is 1.18. The van der Waals surface area contributed by atoms with Crippen LogP contribution in [0.15, 0.2) is 18.2 Å². The lowest BCUT2D eigenvalue weighted by Crippen LogP contribution is -2.33. The summed E-state index contributed by atoms with van der Waals surface area (Å²) in [4.78, 5) is 0. The summed E-state index contributed by atoms with van der Waals surface area (Å²) in [6.07, 6.45) is 5.66. The van der Waals surface area contributed by atoms with Gasteiger partial charge < -0.3 is 14.8 Å². The quantitative estimate of drug-likeness (QED) is 0.884. The van der Waals surface area contributed by atoms with Crippen molar-refractivity contribution in [3.63, 3.8) is 0 Å². The second-order valence-corrected chi connectivity index (χ2v) is 5.81. The van der Waals surface area contributed by atoms with Gasteiger partial charge in [-0.1, -0.05) is 18.6 Å². The van der Waals surface area contributed by atoms with Gasteiger partial charge in [0, 0.05) is 18.2 Å². The van der Waals surface area contributed by atoms with E-state index in [1.54, 1.807) is 14.2 Å². The molecule has 3 atom stereocenters. The number of hydrogen-bond donors (Lipinski definition) is 1. The molecule has 3 nitrogen and oxygen atoms in total. The van der Waals surface area contributed by atoms with E-state index in [1.165, 1.54) is 31.2 Å². The highest BCUT2D eigenvalue weighted by Gasteiger charge is 2.39. The number of rotatable bonds is 5. The van der Waals surface area contributed by atoms with Crippen molar-refractivity contribution in [3.05, 3.63) is 23.8 Å². The van der Waals surface area contributed by atoms with E-state index < -0.39 is 0 Å². The summed E-state index contributed by atoms with van der Waals surface area (Å²) in [6.45, 7) is 0.869. The van der Waals surface area contributed by atoms with Gasteiger partial charge in [0.2, 0.25) is 0 Å². The molecule has 2 bridgehead atoms. The van der Waals surface area contributed by atoms with Crippen molar-refractivity contribution >= 4 is 0 Å². The topological polar surface area (TPSA) is 30.5 Å². The minimum Gasteiger partial charge on any atom is -0.493 e. The first-order chi connectivity index (χ1) is 9.31. The minimum atomic E-state index is 0.703. The van der Waals surface area contributed by atoms with Crippen LogP contribution in [0.5, 0.6) is 11.5 Å². The van der Waals surface area contributed by atoms with Crippen LogP contribution in [-0.2, 0) is 6.54 Å². The van der Waals surface area contributed by atoms with Crippen LogP contribution in [0.25, 0.3) is 0 Å². The predicted octanol–water partition coefficient (Wildman–Crippen LogP) is 2.98. The summed E-state index contributed by atoms with van der Waals surface area (Å²) >= 11 is 0. The molecule has 0 aliphatic heterocycles. The molecule has 0 spiro atoms. The zero-order chi connectivity index (χ0) is 13.2. The number of fused-ring (bicyclic) bond motifs is 2. The lowest BCUT2D eigenvalue weighted by molar-refractivity contribution is 0.336. The molecular formula is C16H23NO2. The molecule has 104 valence electrons. The SMILES string of the molecule is COc1cccc(CN[C@@H]2C[C@H]3CC[C@@H]2C3)c1OC. The van der Waals surface area contributed by atoms with Crippen molar-refractivity contribution in [2.45, 2.75) is 38.3 Å². The number of hydrogen-bond acceptors (Lipinski definition) is 3. The van der Waals surface area contributed by atoms with E-state index >= 15 is 0 Å². The zero-order valence-electron chi connectivity index (χ0n) is 11.8. The highest BCUT2D eigenvalue weighted by Crippen LogP contribution is 2.44. The van der Waals surface area contributed by atoms with E-state index in [0.29, 0.717) is 6.04 Å². The Morgan fingerprint density at radius 3 is 2.68 bits per heavy atom. The number of para-hydroxylation sites is 1. The van der Waals surface area contributed by atoms with Gasteiger partial charge in [0.05, 0.1) is 14.2 Å². The molecule has 0 radical (unpaired) electrons. The smallest absolute Gasteiger partial charge is 0.165 e. The molecule has 3 heteroatoms. The van der Waals surface area contributed by atoms with Crippen molar-refractivity contribution in [2.75, 3.05) is 14.2 Å². The Kier molecular flexibility index (Phi) is 3.65. The second-order valence-electron chi connectivity index (χ2n) is 5.81. The number of methoxy groups -OCH3 is 2. The molecule has 1 N–H and O–H groups in total. The van der Waals surface area contributed by atoms with Gasteiger partial charge in [0.1, 0.15) is 0 Å². The summed E-state index contributed by atoms with van der Waals surface area (Å²) in [5, 5.41) is 3.72. The van der Waals surface area contributed by atoms with Crippen molar-refractivity contribution in [1.82, 2.24) is 5.32 Å². The van der Waals surface area contributed by atoms with E-state index in [4.69, 9.17) is 9.47 Å². The van der Waals surface area contributed by atoms with E-state index in [9.17, 15) is 0 Å². The molecular weight excluding hydrogens is 238 g/mol. The van der Waals surface area contributed by atoms with Crippen LogP contribution in [0.1, 0.15) is 31.2 Å². The third-order valence-electron chi connectivity index (χ3n) is 4.78. The average Bonchev–Trinajstić information content (AvgIpc) is 3.06. The molecule has 0 amide bonds. The standard InChI is InChI=1S/C16H23NO2/c1-18-15-5-3-4-13(16(15)19-2)10-17-14-9-11-6-7-12(14)8-11/h3-5,11-12,14,17H,6-10H2,1-2H3/t11-,12+,14+/m0/s1. The van der Waals surface area contributed by atoms with E-state index in [-0.39, 0.29) is 0 Å². The first-order valence-corrected chi connectivity index (χ1v) is 7.25. The molecule has 1 aromatic rings. The maximum atomic E-state index is 5.48. The third-order valence-corrected chi connectivity index (χ3v) is 4.78. The Morgan fingerprint density at radius 2 is 2.05 bits per heavy atom. The van der Waals surface area contributed by atoms with Crippen LogP contribution in [0, 0.1) is 11.8 Å². The number of nitrogens with one attached hydrogen (secondary N) is 1. The molecule has 0 heterocycles. The average molecular weight is 261 g/mol. The Balaban J connectivity index is 1.66. The monoisotopic (exact) mass is 261 g/mol. The molecule has 2 aliphatic rings. The fourth-order valence-corrected chi connectivity index (χ4v) is 3.83. The van der Waals surface area contributed by atoms with Crippen molar-refractivity contribution < 1.29 is 9.47 Å². The van der Waals surface area contributed by atoms with Gasteiger partial charge in [-0.05, 0) is 37.2 Å². The van der Waals surface area contributed by atoms with Crippen molar-refractivity contribution in [3.8, 4) is 11.5 Å². The molecule has 2 saturated carbocycles. The minimum absolute atomic E-state index is 0.703. The predicted molar refractivity (Wildman–Crippen MR) is 75.6 cm³/mol. The molecule has 19 heavy (non-hydrogen) atoms. The number of benzene rings is 1. The maximum Gasteiger partial charge on any atom is 0.165 e. The molecule has 0 saturated heterocycles. The van der Waals surface area contributed by atoms with Crippen LogP contribution in [-0.4, -0.2) is 20.3 Å². The van der Waals surface area contributed by atoms with Gasteiger partial charge in [-0.15, -0.1) is 0 Å². The van der Waals surface area contributed by atoms with Crippen molar-refractivity contribution in [1.29, 1.82) is 0 Å².